The molecule has 0 aliphatic carbocycles. The minimum atomic E-state index is -0.533. The van der Waals surface area contributed by atoms with Crippen LogP contribution in [0.15, 0.2) is 29.6 Å². The Kier molecular flexibility index (Phi) is 6.69. The quantitative estimate of drug-likeness (QED) is 0.794. The monoisotopic (exact) mass is 423 g/mol. The summed E-state index contributed by atoms with van der Waals surface area (Å²) in [5.74, 6) is -0.705. The summed E-state index contributed by atoms with van der Waals surface area (Å²) in [6.07, 6.45) is 2.31. The van der Waals surface area contributed by atoms with E-state index in [9.17, 15) is 14.0 Å². The van der Waals surface area contributed by atoms with Crippen LogP contribution in [0.4, 0.5) is 10.1 Å². The van der Waals surface area contributed by atoms with Gasteiger partial charge in [0, 0.05) is 18.0 Å². The van der Waals surface area contributed by atoms with Crippen molar-refractivity contribution >= 4 is 41.2 Å². The van der Waals surface area contributed by atoms with Gasteiger partial charge in [-0.05, 0) is 54.4 Å². The van der Waals surface area contributed by atoms with Crippen LogP contribution in [0.1, 0.15) is 28.8 Å². The summed E-state index contributed by atoms with van der Waals surface area (Å²) in [5.41, 5.74) is 1.81. The zero-order valence-corrected chi connectivity index (χ0v) is 17.0. The number of rotatable bonds is 4. The van der Waals surface area contributed by atoms with Gasteiger partial charge in [0.25, 0.3) is 0 Å². The highest BCUT2D eigenvalue weighted by Gasteiger charge is 2.34. The first-order chi connectivity index (χ1) is 13.1. The minimum Gasteiger partial charge on any atom is -0.330 e. The van der Waals surface area contributed by atoms with Gasteiger partial charge in [-0.15, -0.1) is 23.7 Å². The number of likely N-dealkylation sites (tertiary alicyclic amines) is 1. The van der Waals surface area contributed by atoms with E-state index in [2.05, 4.69) is 10.6 Å². The maximum Gasteiger partial charge on any atom is 0.247 e. The van der Waals surface area contributed by atoms with Gasteiger partial charge >= 0.3 is 0 Å². The van der Waals surface area contributed by atoms with Crippen molar-refractivity contribution in [2.75, 3.05) is 18.4 Å². The summed E-state index contributed by atoms with van der Waals surface area (Å²) in [6.45, 7) is 1.95. The van der Waals surface area contributed by atoms with Gasteiger partial charge in [0.2, 0.25) is 11.8 Å². The lowest BCUT2D eigenvalue weighted by atomic mass is 9.99. The number of amides is 2. The van der Waals surface area contributed by atoms with E-state index < -0.39 is 6.04 Å². The van der Waals surface area contributed by atoms with Crippen LogP contribution in [0.3, 0.4) is 0 Å². The molecule has 1 aromatic carbocycles. The zero-order valence-electron chi connectivity index (χ0n) is 15.4. The molecule has 0 radical (unpaired) electrons. The maximum atomic E-state index is 14.8. The van der Waals surface area contributed by atoms with Crippen LogP contribution in [-0.2, 0) is 29.0 Å². The van der Waals surface area contributed by atoms with Gasteiger partial charge in [-0.25, -0.2) is 4.39 Å². The average molecular weight is 424 g/mol. The molecule has 1 saturated heterocycles. The molecule has 1 unspecified atom stereocenters. The number of hydrogen-bond acceptors (Lipinski definition) is 4. The molecule has 1 aromatic heterocycles. The van der Waals surface area contributed by atoms with Gasteiger partial charge < -0.3 is 15.5 Å². The van der Waals surface area contributed by atoms with Gasteiger partial charge in [0.1, 0.15) is 11.9 Å². The molecule has 5 nitrogen and oxygen atoms in total. The summed E-state index contributed by atoms with van der Waals surface area (Å²) >= 11 is 1.53. The molecule has 2 aromatic rings. The van der Waals surface area contributed by atoms with Crippen molar-refractivity contribution in [1.82, 2.24) is 10.2 Å². The SMILES string of the molecule is Cl.O=C(Nc1ccc2c(c1F)CCNC2)C1CCCN1C(=O)Cc1cccs1. The second-order valence-corrected chi connectivity index (χ2v) is 8.01. The standard InChI is InChI=1S/C20H22FN3O2S.ClH/c21-19-15-7-8-22-12-13(15)5-6-16(19)23-20(26)17-4-1-9-24(17)18(25)11-14-3-2-10-27-14;/h2-3,5-6,10,17,22H,1,4,7-9,11-12H2,(H,23,26);1H. The van der Waals surface area contributed by atoms with Crippen molar-refractivity contribution in [1.29, 1.82) is 0 Å². The first-order valence-electron chi connectivity index (χ1n) is 9.27. The van der Waals surface area contributed by atoms with Crippen molar-refractivity contribution in [2.24, 2.45) is 0 Å². The molecule has 2 aliphatic rings. The highest BCUT2D eigenvalue weighted by atomic mass is 35.5. The summed E-state index contributed by atoms with van der Waals surface area (Å²) in [5, 5.41) is 7.87. The number of fused-ring (bicyclic) bond motifs is 1. The molecule has 2 N–H and O–H groups in total. The number of carbonyl (C=O) groups is 2. The Labute approximate surface area is 173 Å². The fourth-order valence-electron chi connectivity index (χ4n) is 3.85. The molecule has 0 saturated carbocycles. The molecule has 1 atom stereocenters. The minimum absolute atomic E-state index is 0. The second-order valence-electron chi connectivity index (χ2n) is 6.98. The Morgan fingerprint density at radius 2 is 2.18 bits per heavy atom. The van der Waals surface area contributed by atoms with E-state index in [1.165, 1.54) is 11.3 Å². The van der Waals surface area contributed by atoms with Crippen LogP contribution in [0.2, 0.25) is 0 Å². The predicted octanol–water partition coefficient (Wildman–Crippen LogP) is 3.13. The summed E-state index contributed by atoms with van der Waals surface area (Å²) in [4.78, 5) is 28.0. The summed E-state index contributed by atoms with van der Waals surface area (Å²) < 4.78 is 14.8. The molecular formula is C20H23ClFN3O2S. The molecular weight excluding hydrogens is 401 g/mol. The van der Waals surface area contributed by atoms with Crippen LogP contribution in [0, 0.1) is 5.82 Å². The molecule has 2 amide bonds. The van der Waals surface area contributed by atoms with Gasteiger partial charge in [0.15, 0.2) is 0 Å². The molecule has 0 spiro atoms. The molecule has 2 aliphatic heterocycles. The Hall–Kier alpha value is -1.96. The van der Waals surface area contributed by atoms with Gasteiger partial charge in [-0.1, -0.05) is 12.1 Å². The van der Waals surface area contributed by atoms with E-state index in [4.69, 9.17) is 0 Å². The van der Waals surface area contributed by atoms with E-state index in [0.717, 1.165) is 23.4 Å². The lowest BCUT2D eigenvalue weighted by Crippen LogP contribution is -2.43. The van der Waals surface area contributed by atoms with Crippen molar-refractivity contribution in [3.05, 3.63) is 51.5 Å². The average Bonchev–Trinajstić information content (AvgIpc) is 3.36. The van der Waals surface area contributed by atoms with Gasteiger partial charge in [-0.3, -0.25) is 9.59 Å². The third kappa shape index (κ3) is 4.21. The number of thiophene rings is 1. The molecule has 4 rings (SSSR count). The number of nitrogens with zero attached hydrogens (tertiary/aromatic N) is 1. The van der Waals surface area contributed by atoms with Crippen LogP contribution in [0.25, 0.3) is 0 Å². The number of carbonyl (C=O) groups excluding carboxylic acids is 2. The molecule has 150 valence electrons. The third-order valence-corrected chi connectivity index (χ3v) is 6.12. The van der Waals surface area contributed by atoms with Crippen molar-refractivity contribution in [3.63, 3.8) is 0 Å². The number of halogens is 2. The predicted molar refractivity (Wildman–Crippen MR) is 110 cm³/mol. The molecule has 0 bridgehead atoms. The fraction of sp³-hybridized carbons (Fsp3) is 0.400. The Bertz CT molecular complexity index is 859. The Balaban J connectivity index is 0.00000225. The van der Waals surface area contributed by atoms with E-state index in [1.807, 2.05) is 23.6 Å². The Morgan fingerprint density at radius 1 is 1.32 bits per heavy atom. The first-order valence-corrected chi connectivity index (χ1v) is 10.1. The maximum absolute atomic E-state index is 14.8. The smallest absolute Gasteiger partial charge is 0.247 e. The first kappa shape index (κ1) is 20.8. The third-order valence-electron chi connectivity index (χ3n) is 5.25. The molecule has 3 heterocycles. The normalized spacial score (nSPS) is 18.3. The number of benzene rings is 1. The van der Waals surface area contributed by atoms with Crippen LogP contribution in [0.5, 0.6) is 0 Å². The number of hydrogen-bond donors (Lipinski definition) is 2. The lowest BCUT2D eigenvalue weighted by molar-refractivity contribution is -0.136. The van der Waals surface area contributed by atoms with E-state index in [0.29, 0.717) is 37.9 Å². The lowest BCUT2D eigenvalue weighted by Gasteiger charge is -2.25. The van der Waals surface area contributed by atoms with Crippen LogP contribution >= 0.6 is 23.7 Å². The highest BCUT2D eigenvalue weighted by molar-refractivity contribution is 7.10. The van der Waals surface area contributed by atoms with E-state index in [1.54, 1.807) is 11.0 Å². The highest BCUT2D eigenvalue weighted by Crippen LogP contribution is 2.26. The largest absolute Gasteiger partial charge is 0.330 e. The molecule has 28 heavy (non-hydrogen) atoms. The molecule has 8 heteroatoms. The summed E-state index contributed by atoms with van der Waals surface area (Å²) in [6, 6.07) is 6.77. The van der Waals surface area contributed by atoms with Gasteiger partial charge in [-0.2, -0.15) is 0 Å². The van der Waals surface area contributed by atoms with E-state index in [-0.39, 0.29) is 35.7 Å². The summed E-state index contributed by atoms with van der Waals surface area (Å²) in [7, 11) is 0. The van der Waals surface area contributed by atoms with Crippen LogP contribution < -0.4 is 10.6 Å². The number of anilines is 1. The van der Waals surface area contributed by atoms with Gasteiger partial charge in [0.05, 0.1) is 12.1 Å². The topological polar surface area (TPSA) is 61.4 Å². The van der Waals surface area contributed by atoms with Crippen molar-refractivity contribution < 1.29 is 14.0 Å². The fourth-order valence-corrected chi connectivity index (χ4v) is 4.54. The van der Waals surface area contributed by atoms with Crippen LogP contribution in [-0.4, -0.2) is 35.8 Å². The van der Waals surface area contributed by atoms with E-state index >= 15 is 0 Å². The second kappa shape index (κ2) is 9.03. The zero-order chi connectivity index (χ0) is 18.8. The number of nitrogens with one attached hydrogen (secondary N) is 2. The molecule has 1 fully saturated rings. The van der Waals surface area contributed by atoms with Crippen molar-refractivity contribution in [3.8, 4) is 0 Å². The Morgan fingerprint density at radius 3 is 2.96 bits per heavy atom. The van der Waals surface area contributed by atoms with Crippen molar-refractivity contribution in [2.45, 2.75) is 38.3 Å².